The highest BCUT2D eigenvalue weighted by molar-refractivity contribution is 6.31. The molecule has 2 nitrogen and oxygen atoms in total. The molecule has 1 unspecified atom stereocenters. The Bertz CT molecular complexity index is 416. The van der Waals surface area contributed by atoms with Gasteiger partial charge in [0.15, 0.2) is 0 Å². The van der Waals surface area contributed by atoms with Crippen LogP contribution in [0.5, 0.6) is 0 Å². The molecule has 1 fully saturated rings. The predicted octanol–water partition coefficient (Wildman–Crippen LogP) is 3.34. The summed E-state index contributed by atoms with van der Waals surface area (Å²) >= 11 is 5.98. The van der Waals surface area contributed by atoms with Crippen molar-refractivity contribution in [3.63, 3.8) is 0 Å². The van der Waals surface area contributed by atoms with Crippen molar-refractivity contribution in [2.75, 3.05) is 7.11 Å². The monoisotopic (exact) mass is 272 g/mol. The summed E-state index contributed by atoms with van der Waals surface area (Å²) < 4.78 is 18.5. The maximum Gasteiger partial charge on any atom is 0.124 e. The fourth-order valence-corrected chi connectivity index (χ4v) is 2.97. The summed E-state index contributed by atoms with van der Waals surface area (Å²) in [5, 5.41) is 10.7. The van der Waals surface area contributed by atoms with Crippen molar-refractivity contribution < 1.29 is 14.2 Å². The molecule has 0 amide bonds. The predicted molar refractivity (Wildman–Crippen MR) is 69.3 cm³/mol. The van der Waals surface area contributed by atoms with Gasteiger partial charge in [0.05, 0.1) is 11.7 Å². The summed E-state index contributed by atoms with van der Waals surface area (Å²) in [6, 6.07) is 4.26. The van der Waals surface area contributed by atoms with Crippen molar-refractivity contribution in [2.24, 2.45) is 0 Å². The lowest BCUT2D eigenvalue weighted by Gasteiger charge is -2.33. The van der Waals surface area contributed by atoms with Gasteiger partial charge in [-0.25, -0.2) is 4.39 Å². The first-order chi connectivity index (χ1) is 8.57. The highest BCUT2D eigenvalue weighted by atomic mass is 35.5. The standard InChI is InChI=1S/C14H18ClFO2/c1-18-14(6-2-3-7-14)13(17)8-10-4-5-11(16)9-12(10)15/h4-5,9,13,17H,2-3,6-8H2,1H3. The number of halogens is 2. The molecule has 1 N–H and O–H groups in total. The Morgan fingerprint density at radius 3 is 2.67 bits per heavy atom. The molecule has 0 bridgehead atoms. The number of hydrogen-bond donors (Lipinski definition) is 1. The Balaban J connectivity index is 2.12. The van der Waals surface area contributed by atoms with Crippen LogP contribution in [0.1, 0.15) is 31.2 Å². The number of aliphatic hydroxyl groups is 1. The van der Waals surface area contributed by atoms with Gasteiger partial charge in [0.25, 0.3) is 0 Å². The molecule has 1 saturated carbocycles. The highest BCUT2D eigenvalue weighted by Gasteiger charge is 2.40. The first-order valence-corrected chi connectivity index (χ1v) is 6.62. The normalized spacial score (nSPS) is 20.0. The third-order valence-electron chi connectivity index (χ3n) is 3.89. The van der Waals surface area contributed by atoms with E-state index in [9.17, 15) is 9.50 Å². The molecule has 0 heterocycles. The fourth-order valence-electron chi connectivity index (χ4n) is 2.73. The van der Waals surface area contributed by atoms with E-state index in [4.69, 9.17) is 16.3 Å². The van der Waals surface area contributed by atoms with Crippen molar-refractivity contribution in [3.8, 4) is 0 Å². The zero-order chi connectivity index (χ0) is 13.2. The number of aliphatic hydroxyl groups excluding tert-OH is 1. The Hall–Kier alpha value is -0.640. The summed E-state index contributed by atoms with van der Waals surface area (Å²) in [7, 11) is 1.64. The van der Waals surface area contributed by atoms with Crippen LogP contribution in [0.25, 0.3) is 0 Å². The quantitative estimate of drug-likeness (QED) is 0.911. The minimum Gasteiger partial charge on any atom is -0.390 e. The molecule has 0 aliphatic heterocycles. The van der Waals surface area contributed by atoms with Crippen LogP contribution >= 0.6 is 11.6 Å². The molecular formula is C14H18ClFO2. The van der Waals surface area contributed by atoms with E-state index < -0.39 is 11.7 Å². The van der Waals surface area contributed by atoms with Gasteiger partial charge in [0.2, 0.25) is 0 Å². The molecule has 18 heavy (non-hydrogen) atoms. The molecule has 1 aliphatic carbocycles. The topological polar surface area (TPSA) is 29.5 Å². The number of methoxy groups -OCH3 is 1. The van der Waals surface area contributed by atoms with Crippen LogP contribution in [-0.4, -0.2) is 23.9 Å². The minimum absolute atomic E-state index is 0.360. The summed E-state index contributed by atoms with van der Waals surface area (Å²) in [5.74, 6) is -0.361. The van der Waals surface area contributed by atoms with E-state index in [-0.39, 0.29) is 5.82 Å². The number of ether oxygens (including phenoxy) is 1. The molecule has 1 aromatic carbocycles. The summed E-state index contributed by atoms with van der Waals surface area (Å²) in [6.45, 7) is 0. The Kier molecular flexibility index (Phi) is 4.25. The van der Waals surface area contributed by atoms with Gasteiger partial charge in [-0.05, 0) is 30.5 Å². The third kappa shape index (κ3) is 2.68. The molecule has 0 saturated heterocycles. The summed E-state index contributed by atoms with van der Waals surface area (Å²) in [5.41, 5.74) is 0.298. The summed E-state index contributed by atoms with van der Waals surface area (Å²) in [4.78, 5) is 0. The summed E-state index contributed by atoms with van der Waals surface area (Å²) in [6.07, 6.45) is 3.66. The lowest BCUT2D eigenvalue weighted by molar-refractivity contribution is -0.0971. The van der Waals surface area contributed by atoms with E-state index in [0.717, 1.165) is 31.2 Å². The smallest absolute Gasteiger partial charge is 0.124 e. The van der Waals surface area contributed by atoms with E-state index in [1.54, 1.807) is 13.2 Å². The lowest BCUT2D eigenvalue weighted by atomic mass is 9.90. The first kappa shape index (κ1) is 13.8. The second-order valence-corrected chi connectivity index (χ2v) is 5.34. The molecule has 0 spiro atoms. The number of benzene rings is 1. The zero-order valence-electron chi connectivity index (χ0n) is 10.5. The van der Waals surface area contributed by atoms with Crippen LogP contribution in [0.3, 0.4) is 0 Å². The number of hydrogen-bond acceptors (Lipinski definition) is 2. The van der Waals surface area contributed by atoms with Crippen molar-refractivity contribution in [1.82, 2.24) is 0 Å². The van der Waals surface area contributed by atoms with Gasteiger partial charge in [-0.1, -0.05) is 30.5 Å². The Morgan fingerprint density at radius 1 is 1.44 bits per heavy atom. The van der Waals surface area contributed by atoms with Crippen molar-refractivity contribution >= 4 is 11.6 Å². The molecular weight excluding hydrogens is 255 g/mol. The molecule has 1 aromatic rings. The van der Waals surface area contributed by atoms with E-state index in [1.165, 1.54) is 12.1 Å². The molecule has 2 rings (SSSR count). The van der Waals surface area contributed by atoms with Crippen LogP contribution in [0.4, 0.5) is 4.39 Å². The highest BCUT2D eigenvalue weighted by Crippen LogP contribution is 2.37. The molecule has 0 radical (unpaired) electrons. The van der Waals surface area contributed by atoms with Gasteiger partial charge in [-0.15, -0.1) is 0 Å². The maximum atomic E-state index is 13.0. The maximum absolute atomic E-state index is 13.0. The average Bonchev–Trinajstić information content (AvgIpc) is 2.82. The molecule has 100 valence electrons. The van der Waals surface area contributed by atoms with E-state index in [2.05, 4.69) is 0 Å². The SMILES string of the molecule is COC1(C(O)Cc2ccc(F)cc2Cl)CCCC1. The zero-order valence-corrected chi connectivity index (χ0v) is 11.2. The minimum atomic E-state index is -0.604. The van der Waals surface area contributed by atoms with Crippen LogP contribution in [0.15, 0.2) is 18.2 Å². The Morgan fingerprint density at radius 2 is 2.11 bits per heavy atom. The second-order valence-electron chi connectivity index (χ2n) is 4.93. The van der Waals surface area contributed by atoms with Crippen LogP contribution in [-0.2, 0) is 11.2 Å². The molecule has 1 atom stereocenters. The van der Waals surface area contributed by atoms with Gasteiger partial charge >= 0.3 is 0 Å². The first-order valence-electron chi connectivity index (χ1n) is 6.24. The van der Waals surface area contributed by atoms with Crippen molar-refractivity contribution in [3.05, 3.63) is 34.6 Å². The number of rotatable bonds is 4. The second kappa shape index (κ2) is 5.55. The average molecular weight is 273 g/mol. The lowest BCUT2D eigenvalue weighted by Crippen LogP contribution is -2.42. The largest absolute Gasteiger partial charge is 0.390 e. The molecule has 0 aromatic heterocycles. The van der Waals surface area contributed by atoms with E-state index in [1.807, 2.05) is 0 Å². The molecule has 4 heteroatoms. The fraction of sp³-hybridized carbons (Fsp3) is 0.571. The third-order valence-corrected chi connectivity index (χ3v) is 4.24. The van der Waals surface area contributed by atoms with Gasteiger partial charge < -0.3 is 9.84 Å². The van der Waals surface area contributed by atoms with Gasteiger partial charge in [-0.3, -0.25) is 0 Å². The molecule has 1 aliphatic rings. The van der Waals surface area contributed by atoms with Gasteiger partial charge in [0.1, 0.15) is 5.82 Å². The van der Waals surface area contributed by atoms with E-state index >= 15 is 0 Å². The van der Waals surface area contributed by atoms with Crippen molar-refractivity contribution in [1.29, 1.82) is 0 Å². The van der Waals surface area contributed by atoms with Gasteiger partial charge in [-0.2, -0.15) is 0 Å². The van der Waals surface area contributed by atoms with E-state index in [0.29, 0.717) is 11.4 Å². The van der Waals surface area contributed by atoms with Crippen LogP contribution in [0, 0.1) is 5.82 Å². The van der Waals surface area contributed by atoms with Crippen LogP contribution in [0.2, 0.25) is 5.02 Å². The Labute approximate surface area is 112 Å². The van der Waals surface area contributed by atoms with Gasteiger partial charge in [0, 0.05) is 18.6 Å². The van der Waals surface area contributed by atoms with Crippen LogP contribution < -0.4 is 0 Å². The van der Waals surface area contributed by atoms with Crippen molar-refractivity contribution in [2.45, 2.75) is 43.8 Å².